The maximum atomic E-state index is 12.7. The van der Waals surface area contributed by atoms with E-state index in [-0.39, 0.29) is 39.0 Å². The maximum Gasteiger partial charge on any atom is 0.408 e. The van der Waals surface area contributed by atoms with Gasteiger partial charge < -0.3 is 46.5 Å². The Labute approximate surface area is 237 Å². The first-order valence-corrected chi connectivity index (χ1v) is 13.4. The quantitative estimate of drug-likeness (QED) is 0.140. The van der Waals surface area contributed by atoms with Crippen molar-refractivity contribution < 1.29 is 38.2 Å². The zero-order valence-electron chi connectivity index (χ0n) is 25.4. The third-order valence-electron chi connectivity index (χ3n) is 4.53. The normalized spacial score (nSPS) is 13.2. The Morgan fingerprint density at radius 1 is 0.575 bits per heavy atom. The summed E-state index contributed by atoms with van der Waals surface area (Å²) < 4.78 is 15.5. The minimum absolute atomic E-state index is 0.105. The second-order valence-electron chi connectivity index (χ2n) is 12.2. The van der Waals surface area contributed by atoms with Crippen LogP contribution in [0.3, 0.4) is 0 Å². The van der Waals surface area contributed by atoms with Gasteiger partial charge in [-0.2, -0.15) is 0 Å². The summed E-state index contributed by atoms with van der Waals surface area (Å²) in [6, 6.07) is -1.80. The molecular weight excluding hydrogens is 524 g/mol. The third-order valence-corrected chi connectivity index (χ3v) is 4.53. The van der Waals surface area contributed by atoms with Crippen LogP contribution in [-0.4, -0.2) is 85.2 Å². The van der Waals surface area contributed by atoms with Crippen molar-refractivity contribution in [3.05, 3.63) is 0 Å². The van der Waals surface area contributed by atoms with Gasteiger partial charge in [0.15, 0.2) is 0 Å². The van der Waals surface area contributed by atoms with Gasteiger partial charge in [-0.15, -0.1) is 0 Å². The molecule has 0 spiro atoms. The van der Waals surface area contributed by atoms with Crippen molar-refractivity contribution in [1.82, 2.24) is 26.6 Å². The molecule has 0 heterocycles. The fraction of sp³-hybridized carbons (Fsp3) is 0.808. The zero-order valence-corrected chi connectivity index (χ0v) is 25.4. The van der Waals surface area contributed by atoms with E-state index in [4.69, 9.17) is 19.9 Å². The third kappa shape index (κ3) is 20.6. The lowest BCUT2D eigenvalue weighted by atomic mass is 10.1. The molecule has 232 valence electrons. The highest BCUT2D eigenvalue weighted by Gasteiger charge is 2.24. The molecule has 0 bridgehead atoms. The van der Waals surface area contributed by atoms with E-state index in [0.717, 1.165) is 0 Å². The second-order valence-corrected chi connectivity index (χ2v) is 12.2. The molecule has 0 fully saturated rings. The van der Waals surface area contributed by atoms with Gasteiger partial charge in [0, 0.05) is 26.2 Å². The zero-order chi connectivity index (χ0) is 31.1. The number of alkyl carbamates (subject to hydrolysis) is 3. The number of nitrogens with one attached hydrogen (secondary N) is 5. The average Bonchev–Trinajstić information content (AvgIpc) is 2.74. The Morgan fingerprint density at radius 3 is 1.50 bits per heavy atom. The molecule has 5 amide bonds. The molecule has 0 rings (SSSR count). The van der Waals surface area contributed by atoms with Crippen LogP contribution in [0.5, 0.6) is 0 Å². The standard InChI is InChI=1S/C26H50N6O8/c1-24(2,3)38-21(35)30-14-12-17(27)19(33)28-13-10-11-18(32-23(37)40-26(7,8)9)20(34)29-15-16-31-22(36)39-25(4,5)6/h17-18H,10-16,27H2,1-9H3,(H,28,33)(H,29,34)(H,30,35)(H,31,36)(H,32,37)/t17-,18-/m0/s1. The van der Waals surface area contributed by atoms with E-state index in [1.165, 1.54) is 0 Å². The molecule has 40 heavy (non-hydrogen) atoms. The van der Waals surface area contributed by atoms with Crippen LogP contribution in [0.2, 0.25) is 0 Å². The molecule has 7 N–H and O–H groups in total. The van der Waals surface area contributed by atoms with Gasteiger partial charge in [-0.1, -0.05) is 0 Å². The summed E-state index contributed by atoms with van der Waals surface area (Å²) in [5.41, 5.74) is 3.85. The summed E-state index contributed by atoms with van der Waals surface area (Å²) in [7, 11) is 0. The van der Waals surface area contributed by atoms with Gasteiger partial charge in [0.1, 0.15) is 22.8 Å². The predicted molar refractivity (Wildman–Crippen MR) is 149 cm³/mol. The fourth-order valence-corrected chi connectivity index (χ4v) is 2.93. The molecule has 0 aliphatic rings. The van der Waals surface area contributed by atoms with Gasteiger partial charge in [-0.25, -0.2) is 14.4 Å². The summed E-state index contributed by atoms with van der Waals surface area (Å²) >= 11 is 0. The Balaban J connectivity index is 4.68. The summed E-state index contributed by atoms with van der Waals surface area (Å²) in [6.07, 6.45) is -1.22. The number of carbonyl (C=O) groups excluding carboxylic acids is 5. The molecule has 0 radical (unpaired) electrons. The van der Waals surface area contributed by atoms with E-state index >= 15 is 0 Å². The lowest BCUT2D eigenvalue weighted by Crippen LogP contribution is -2.50. The lowest BCUT2D eigenvalue weighted by Gasteiger charge is -2.23. The molecule has 14 nitrogen and oxygen atoms in total. The van der Waals surface area contributed by atoms with E-state index < -0.39 is 59.0 Å². The molecule has 0 saturated carbocycles. The summed E-state index contributed by atoms with van der Waals surface area (Å²) in [6.45, 7) is 16.1. The number of amides is 5. The van der Waals surface area contributed by atoms with Crippen molar-refractivity contribution in [2.75, 3.05) is 26.2 Å². The number of ether oxygens (including phenoxy) is 3. The SMILES string of the molecule is CC(C)(C)OC(=O)NCCNC(=O)[C@H](CCCNC(=O)[C@@H](N)CCNC(=O)OC(C)(C)C)NC(=O)OC(C)(C)C. The molecule has 0 aliphatic carbocycles. The van der Waals surface area contributed by atoms with Crippen molar-refractivity contribution in [2.45, 2.75) is 110 Å². The monoisotopic (exact) mass is 574 g/mol. The molecule has 0 aromatic rings. The van der Waals surface area contributed by atoms with Crippen molar-refractivity contribution in [2.24, 2.45) is 5.73 Å². The first-order valence-electron chi connectivity index (χ1n) is 13.4. The Bertz CT molecular complexity index is 846. The number of hydrogen-bond acceptors (Lipinski definition) is 9. The van der Waals surface area contributed by atoms with Crippen molar-refractivity contribution in [3.63, 3.8) is 0 Å². The number of nitrogens with two attached hydrogens (primary N) is 1. The molecule has 14 heteroatoms. The average molecular weight is 575 g/mol. The highest BCUT2D eigenvalue weighted by Crippen LogP contribution is 2.09. The summed E-state index contributed by atoms with van der Waals surface area (Å²) in [5.74, 6) is -0.895. The number of rotatable bonds is 13. The van der Waals surface area contributed by atoms with E-state index in [1.54, 1.807) is 62.3 Å². The summed E-state index contributed by atoms with van der Waals surface area (Å²) in [4.78, 5) is 60.7. The largest absolute Gasteiger partial charge is 0.444 e. The van der Waals surface area contributed by atoms with Crippen LogP contribution < -0.4 is 32.3 Å². The van der Waals surface area contributed by atoms with Crippen molar-refractivity contribution in [3.8, 4) is 0 Å². The van der Waals surface area contributed by atoms with Gasteiger partial charge in [0.2, 0.25) is 11.8 Å². The van der Waals surface area contributed by atoms with Gasteiger partial charge in [0.05, 0.1) is 6.04 Å². The molecule has 0 aromatic heterocycles. The predicted octanol–water partition coefficient (Wildman–Crippen LogP) is 1.66. The lowest BCUT2D eigenvalue weighted by molar-refractivity contribution is -0.123. The molecule has 2 atom stereocenters. The van der Waals surface area contributed by atoms with Crippen LogP contribution in [0, 0.1) is 0 Å². The smallest absolute Gasteiger partial charge is 0.408 e. The van der Waals surface area contributed by atoms with Crippen LogP contribution in [0.4, 0.5) is 14.4 Å². The highest BCUT2D eigenvalue weighted by atomic mass is 16.6. The van der Waals surface area contributed by atoms with Crippen LogP contribution in [0.1, 0.15) is 81.6 Å². The van der Waals surface area contributed by atoms with E-state index in [9.17, 15) is 24.0 Å². The number of carbonyl (C=O) groups is 5. The molecular formula is C26H50N6O8. The van der Waals surface area contributed by atoms with Crippen LogP contribution >= 0.6 is 0 Å². The Morgan fingerprint density at radius 2 is 1.00 bits per heavy atom. The molecule has 0 unspecified atom stereocenters. The first-order chi connectivity index (χ1) is 18.2. The Hall–Kier alpha value is -3.29. The highest BCUT2D eigenvalue weighted by molar-refractivity contribution is 5.85. The van der Waals surface area contributed by atoms with Gasteiger partial charge in [0.25, 0.3) is 0 Å². The maximum absolute atomic E-state index is 12.7. The minimum atomic E-state index is -0.944. The first kappa shape index (κ1) is 36.7. The van der Waals surface area contributed by atoms with E-state index in [0.29, 0.717) is 6.42 Å². The topological polar surface area (TPSA) is 199 Å². The van der Waals surface area contributed by atoms with Gasteiger partial charge >= 0.3 is 18.3 Å². The molecule has 0 saturated heterocycles. The van der Waals surface area contributed by atoms with Gasteiger partial charge in [-0.3, -0.25) is 9.59 Å². The fourth-order valence-electron chi connectivity index (χ4n) is 2.93. The van der Waals surface area contributed by atoms with E-state index in [2.05, 4.69) is 26.6 Å². The molecule has 0 aromatic carbocycles. The van der Waals surface area contributed by atoms with E-state index in [1.807, 2.05) is 0 Å². The van der Waals surface area contributed by atoms with Crippen LogP contribution in [-0.2, 0) is 23.8 Å². The minimum Gasteiger partial charge on any atom is -0.444 e. The van der Waals surface area contributed by atoms with Crippen LogP contribution in [0.25, 0.3) is 0 Å². The number of hydrogen-bond donors (Lipinski definition) is 6. The van der Waals surface area contributed by atoms with Crippen molar-refractivity contribution in [1.29, 1.82) is 0 Å². The van der Waals surface area contributed by atoms with Crippen LogP contribution in [0.15, 0.2) is 0 Å². The molecule has 0 aliphatic heterocycles. The van der Waals surface area contributed by atoms with Crippen molar-refractivity contribution >= 4 is 30.1 Å². The Kier molecular flexibility index (Phi) is 15.4. The van der Waals surface area contributed by atoms with Gasteiger partial charge in [-0.05, 0) is 81.6 Å². The second kappa shape index (κ2) is 16.7. The summed E-state index contributed by atoms with van der Waals surface area (Å²) in [5, 5.41) is 13.0.